The highest BCUT2D eigenvalue weighted by molar-refractivity contribution is 4.82. The molecule has 0 amide bonds. The molecular weight excluding hydrogens is 100 g/mol. The van der Waals surface area contributed by atoms with Crippen LogP contribution in [-0.4, -0.2) is 19.1 Å². The summed E-state index contributed by atoms with van der Waals surface area (Å²) in [5.74, 6) is 0.670. The molecule has 1 saturated heterocycles. The van der Waals surface area contributed by atoms with E-state index in [0.29, 0.717) is 5.92 Å². The van der Waals surface area contributed by atoms with E-state index >= 15 is 0 Å². The van der Waals surface area contributed by atoms with Crippen LogP contribution in [0.1, 0.15) is 13.3 Å². The van der Waals surface area contributed by atoms with E-state index in [-0.39, 0.29) is 0 Å². The van der Waals surface area contributed by atoms with Crippen LogP contribution in [0.15, 0.2) is 0 Å². The van der Waals surface area contributed by atoms with Crippen LogP contribution in [-0.2, 0) is 0 Å². The molecule has 0 aromatic carbocycles. The van der Waals surface area contributed by atoms with E-state index in [1.165, 1.54) is 13.0 Å². The summed E-state index contributed by atoms with van der Waals surface area (Å²) in [4.78, 5) is 0. The Kier molecular flexibility index (Phi) is 1.86. The molecule has 0 radical (unpaired) electrons. The van der Waals surface area contributed by atoms with Crippen LogP contribution in [0.25, 0.3) is 0 Å². The van der Waals surface area contributed by atoms with Gasteiger partial charge in [-0.25, -0.2) is 0 Å². The molecule has 0 bridgehead atoms. The molecule has 0 saturated carbocycles. The van der Waals surface area contributed by atoms with Gasteiger partial charge in [0.1, 0.15) is 0 Å². The topological polar surface area (TPSA) is 38.0 Å². The molecule has 0 aromatic heterocycles. The van der Waals surface area contributed by atoms with Gasteiger partial charge in [-0.3, -0.25) is 0 Å². The molecule has 8 heavy (non-hydrogen) atoms. The minimum Gasteiger partial charge on any atom is -0.330 e. The van der Waals surface area contributed by atoms with Gasteiger partial charge in [0, 0.05) is 6.04 Å². The second-order valence-corrected chi connectivity index (χ2v) is 2.56. The van der Waals surface area contributed by atoms with Crippen molar-refractivity contribution < 1.29 is 0 Å². The van der Waals surface area contributed by atoms with Crippen LogP contribution in [0.5, 0.6) is 0 Å². The molecule has 2 unspecified atom stereocenters. The fourth-order valence-electron chi connectivity index (χ4n) is 0.961. The normalized spacial score (nSPS) is 31.5. The third kappa shape index (κ3) is 1.01. The standard InChI is InChI=1S/C6H14N2/c1-5(4-7)6-2-3-8-6/h5-6,8H,2-4,7H2,1H3. The Morgan fingerprint density at radius 2 is 2.50 bits per heavy atom. The smallest absolute Gasteiger partial charge is 0.0117 e. The zero-order valence-electron chi connectivity index (χ0n) is 5.35. The van der Waals surface area contributed by atoms with Gasteiger partial charge >= 0.3 is 0 Å². The second kappa shape index (κ2) is 2.46. The van der Waals surface area contributed by atoms with Gasteiger partial charge in [-0.2, -0.15) is 0 Å². The van der Waals surface area contributed by atoms with Crippen molar-refractivity contribution in [3.63, 3.8) is 0 Å². The van der Waals surface area contributed by atoms with Crippen LogP contribution in [0.4, 0.5) is 0 Å². The van der Waals surface area contributed by atoms with Crippen molar-refractivity contribution in [1.29, 1.82) is 0 Å². The molecule has 0 aliphatic carbocycles. The highest BCUT2D eigenvalue weighted by atomic mass is 15.0. The van der Waals surface area contributed by atoms with Gasteiger partial charge < -0.3 is 11.1 Å². The highest BCUT2D eigenvalue weighted by Crippen LogP contribution is 2.11. The maximum absolute atomic E-state index is 5.44. The zero-order chi connectivity index (χ0) is 5.98. The monoisotopic (exact) mass is 114 g/mol. The minimum absolute atomic E-state index is 0.670. The maximum atomic E-state index is 5.44. The number of nitrogens with one attached hydrogen (secondary N) is 1. The molecule has 0 aromatic rings. The summed E-state index contributed by atoms with van der Waals surface area (Å²) in [5, 5.41) is 3.32. The van der Waals surface area contributed by atoms with Gasteiger partial charge in [0.25, 0.3) is 0 Å². The Labute approximate surface area is 50.4 Å². The minimum atomic E-state index is 0.670. The lowest BCUT2D eigenvalue weighted by Crippen LogP contribution is -2.49. The second-order valence-electron chi connectivity index (χ2n) is 2.56. The molecule has 1 heterocycles. The quantitative estimate of drug-likeness (QED) is 0.528. The van der Waals surface area contributed by atoms with Gasteiger partial charge in [-0.1, -0.05) is 6.92 Å². The third-order valence-corrected chi connectivity index (χ3v) is 1.92. The fraction of sp³-hybridized carbons (Fsp3) is 1.00. The first-order valence-electron chi connectivity index (χ1n) is 3.28. The van der Waals surface area contributed by atoms with Crippen LogP contribution < -0.4 is 11.1 Å². The lowest BCUT2D eigenvalue weighted by atomic mass is 9.94. The predicted molar refractivity (Wildman–Crippen MR) is 34.6 cm³/mol. The van der Waals surface area contributed by atoms with E-state index in [1.54, 1.807) is 0 Å². The molecule has 3 N–H and O–H groups in total. The van der Waals surface area contributed by atoms with Crippen LogP contribution in [0.3, 0.4) is 0 Å². The molecule has 1 aliphatic heterocycles. The van der Waals surface area contributed by atoms with Crippen LogP contribution >= 0.6 is 0 Å². The first-order chi connectivity index (χ1) is 3.84. The maximum Gasteiger partial charge on any atom is 0.0117 e. The van der Waals surface area contributed by atoms with Crippen LogP contribution in [0.2, 0.25) is 0 Å². The zero-order valence-corrected chi connectivity index (χ0v) is 5.35. The summed E-state index contributed by atoms with van der Waals surface area (Å²) in [6.07, 6.45) is 1.32. The van der Waals surface area contributed by atoms with Crippen molar-refractivity contribution >= 4 is 0 Å². The molecule has 1 rings (SSSR count). The van der Waals surface area contributed by atoms with E-state index in [9.17, 15) is 0 Å². The molecule has 0 spiro atoms. The Bertz CT molecular complexity index is 66.2. The van der Waals surface area contributed by atoms with E-state index < -0.39 is 0 Å². The van der Waals surface area contributed by atoms with Gasteiger partial charge in [-0.15, -0.1) is 0 Å². The Hall–Kier alpha value is -0.0800. The Morgan fingerprint density at radius 1 is 1.88 bits per heavy atom. The van der Waals surface area contributed by atoms with E-state index in [4.69, 9.17) is 5.73 Å². The fourth-order valence-corrected chi connectivity index (χ4v) is 0.961. The molecule has 2 atom stereocenters. The van der Waals surface area contributed by atoms with Crippen molar-refractivity contribution in [1.82, 2.24) is 5.32 Å². The van der Waals surface area contributed by atoms with Crippen molar-refractivity contribution in [2.24, 2.45) is 11.7 Å². The van der Waals surface area contributed by atoms with Crippen molar-refractivity contribution in [3.8, 4) is 0 Å². The lowest BCUT2D eigenvalue weighted by Gasteiger charge is -2.32. The Morgan fingerprint density at radius 3 is 2.62 bits per heavy atom. The van der Waals surface area contributed by atoms with Crippen LogP contribution in [0, 0.1) is 5.92 Å². The predicted octanol–water partition coefficient (Wildman–Crippen LogP) is -0.0569. The summed E-state index contributed by atoms with van der Waals surface area (Å²) in [6, 6.07) is 0.722. The highest BCUT2D eigenvalue weighted by Gasteiger charge is 2.21. The summed E-state index contributed by atoms with van der Waals surface area (Å²) in [5.41, 5.74) is 5.44. The number of hydrogen-bond acceptors (Lipinski definition) is 2. The van der Waals surface area contributed by atoms with E-state index in [1.807, 2.05) is 0 Å². The summed E-state index contributed by atoms with van der Waals surface area (Å²) >= 11 is 0. The number of hydrogen-bond donors (Lipinski definition) is 2. The van der Waals surface area contributed by atoms with Gasteiger partial charge in [0.2, 0.25) is 0 Å². The van der Waals surface area contributed by atoms with E-state index in [2.05, 4.69) is 12.2 Å². The first-order valence-corrected chi connectivity index (χ1v) is 3.28. The summed E-state index contributed by atoms with van der Waals surface area (Å²) in [7, 11) is 0. The van der Waals surface area contributed by atoms with Crippen molar-refractivity contribution in [2.75, 3.05) is 13.1 Å². The Balaban J connectivity index is 2.13. The van der Waals surface area contributed by atoms with Crippen molar-refractivity contribution in [3.05, 3.63) is 0 Å². The number of nitrogens with two attached hydrogens (primary N) is 1. The molecule has 2 heteroatoms. The SMILES string of the molecule is CC(CN)C1CCN1. The van der Waals surface area contributed by atoms with Crippen molar-refractivity contribution in [2.45, 2.75) is 19.4 Å². The largest absolute Gasteiger partial charge is 0.330 e. The summed E-state index contributed by atoms with van der Waals surface area (Å²) in [6.45, 7) is 4.20. The average Bonchev–Trinajstić information content (AvgIpc) is 1.62. The molecular formula is C6H14N2. The van der Waals surface area contributed by atoms with Gasteiger partial charge in [0.15, 0.2) is 0 Å². The molecule has 2 nitrogen and oxygen atoms in total. The van der Waals surface area contributed by atoms with Gasteiger partial charge in [0.05, 0.1) is 0 Å². The van der Waals surface area contributed by atoms with E-state index in [0.717, 1.165) is 12.6 Å². The lowest BCUT2D eigenvalue weighted by molar-refractivity contribution is 0.280. The summed E-state index contributed by atoms with van der Waals surface area (Å²) < 4.78 is 0. The molecule has 1 fully saturated rings. The third-order valence-electron chi connectivity index (χ3n) is 1.92. The molecule has 48 valence electrons. The number of rotatable bonds is 2. The average molecular weight is 114 g/mol. The molecule has 1 aliphatic rings. The van der Waals surface area contributed by atoms with Gasteiger partial charge in [-0.05, 0) is 25.4 Å². The first kappa shape index (κ1) is 6.05.